The summed E-state index contributed by atoms with van der Waals surface area (Å²) >= 11 is 0. The molecule has 0 spiro atoms. The highest BCUT2D eigenvalue weighted by atomic mass is 15.2. The van der Waals surface area contributed by atoms with Crippen molar-refractivity contribution in [3.63, 3.8) is 0 Å². The molecule has 10 nitrogen and oxygen atoms in total. The van der Waals surface area contributed by atoms with Crippen LogP contribution in [0.15, 0.2) is 73.3 Å². The van der Waals surface area contributed by atoms with Crippen LogP contribution in [-0.2, 0) is 6.54 Å². The van der Waals surface area contributed by atoms with Crippen molar-refractivity contribution < 1.29 is 0 Å². The largest absolute Gasteiger partial charge is 0.383 e. The predicted octanol–water partition coefficient (Wildman–Crippen LogP) is 3.80. The molecule has 1 saturated heterocycles. The maximum Gasteiger partial charge on any atom is 0.164 e. The van der Waals surface area contributed by atoms with E-state index in [1.54, 1.807) is 18.6 Å². The smallest absolute Gasteiger partial charge is 0.164 e. The van der Waals surface area contributed by atoms with Crippen LogP contribution in [0.5, 0.6) is 0 Å². The lowest BCUT2D eigenvalue weighted by Crippen LogP contribution is -2.38. The number of piperidine rings is 1. The quantitative estimate of drug-likeness (QED) is 0.355. The van der Waals surface area contributed by atoms with Gasteiger partial charge in [-0.15, -0.1) is 0 Å². The van der Waals surface area contributed by atoms with Crippen LogP contribution in [0.2, 0.25) is 0 Å². The lowest BCUT2D eigenvalue weighted by Gasteiger charge is -2.32. The number of imidazole rings is 1. The van der Waals surface area contributed by atoms with Gasteiger partial charge in [0.15, 0.2) is 17.2 Å². The molecule has 4 aromatic heterocycles. The molecule has 0 unspecified atom stereocenters. The molecule has 3 N–H and O–H groups in total. The van der Waals surface area contributed by atoms with Crippen molar-refractivity contribution in [2.75, 3.05) is 24.1 Å². The van der Waals surface area contributed by atoms with Crippen LogP contribution < -0.4 is 11.1 Å². The van der Waals surface area contributed by atoms with E-state index >= 15 is 0 Å². The number of pyridine rings is 2. The monoisotopic (exact) mass is 502 g/mol. The Bertz CT molecular complexity index is 1610. The highest BCUT2D eigenvalue weighted by Crippen LogP contribution is 2.30. The molecule has 1 aromatic carbocycles. The van der Waals surface area contributed by atoms with Crippen LogP contribution in [0.1, 0.15) is 24.1 Å². The first-order valence-electron chi connectivity index (χ1n) is 12.5. The van der Waals surface area contributed by atoms with Crippen molar-refractivity contribution in [2.45, 2.75) is 25.4 Å². The number of nitriles is 1. The van der Waals surface area contributed by atoms with Gasteiger partial charge in [-0.25, -0.2) is 19.9 Å². The Hall–Kier alpha value is -4.88. The van der Waals surface area contributed by atoms with Crippen LogP contribution in [0.4, 0.5) is 11.6 Å². The van der Waals surface area contributed by atoms with Crippen LogP contribution in [0, 0.1) is 11.3 Å². The third-order valence-corrected chi connectivity index (χ3v) is 6.78. The summed E-state index contributed by atoms with van der Waals surface area (Å²) in [5.41, 5.74) is 11.1. The Kier molecular flexibility index (Phi) is 6.34. The second-order valence-electron chi connectivity index (χ2n) is 9.32. The number of anilines is 2. The molecule has 1 aliphatic rings. The van der Waals surface area contributed by atoms with Crippen LogP contribution in [0.25, 0.3) is 28.2 Å². The number of nitrogen functional groups attached to an aromatic ring is 1. The van der Waals surface area contributed by atoms with E-state index in [9.17, 15) is 0 Å². The Morgan fingerprint density at radius 1 is 0.974 bits per heavy atom. The summed E-state index contributed by atoms with van der Waals surface area (Å²) in [6.07, 6.45) is 8.59. The second kappa shape index (κ2) is 10.2. The molecule has 5 aromatic rings. The van der Waals surface area contributed by atoms with Crippen molar-refractivity contribution >= 4 is 22.8 Å². The average Bonchev–Trinajstić information content (AvgIpc) is 3.34. The first-order chi connectivity index (χ1) is 18.7. The maximum absolute atomic E-state index is 9.04. The lowest BCUT2D eigenvalue weighted by atomic mass is 10.0. The van der Waals surface area contributed by atoms with Gasteiger partial charge in [0.2, 0.25) is 0 Å². The zero-order chi connectivity index (χ0) is 25.9. The molecule has 188 valence electrons. The Balaban J connectivity index is 1.16. The van der Waals surface area contributed by atoms with Crippen molar-refractivity contribution in [3.05, 3.63) is 84.6 Å². The fourth-order valence-electron chi connectivity index (χ4n) is 4.89. The van der Waals surface area contributed by atoms with E-state index in [0.717, 1.165) is 60.7 Å². The summed E-state index contributed by atoms with van der Waals surface area (Å²) in [7, 11) is 0. The molecule has 0 bridgehead atoms. The fraction of sp³-hybridized carbons (Fsp3) is 0.214. The fourth-order valence-corrected chi connectivity index (χ4v) is 4.89. The summed E-state index contributed by atoms with van der Waals surface area (Å²) in [5, 5.41) is 12.5. The molecule has 0 saturated carbocycles. The Morgan fingerprint density at radius 3 is 2.55 bits per heavy atom. The molecule has 10 heteroatoms. The lowest BCUT2D eigenvalue weighted by molar-refractivity contribution is 0.211. The number of nitrogens with one attached hydrogen (secondary N) is 1. The minimum Gasteiger partial charge on any atom is -0.383 e. The standard InChI is InChI=1S/C28H26N10/c29-15-21-16-31-17-25(35-21)34-20-9-13-37(14-10-20)18-19-5-7-22(8-6-19)38-27(23-3-1-11-32-26(23)30)36-24-4-2-12-33-28(24)38/h1-8,11-12,16-17,20H,9-10,13-14,18H2,(H2,30,32)(H,34,35). The molecule has 0 atom stereocenters. The molecule has 0 radical (unpaired) electrons. The number of rotatable bonds is 6. The number of hydrogen-bond acceptors (Lipinski definition) is 9. The molecule has 5 heterocycles. The number of hydrogen-bond donors (Lipinski definition) is 2. The normalized spacial score (nSPS) is 14.4. The van der Waals surface area contributed by atoms with Crippen molar-refractivity contribution in [1.82, 2.24) is 34.4 Å². The minimum absolute atomic E-state index is 0.317. The summed E-state index contributed by atoms with van der Waals surface area (Å²) in [6, 6.07) is 18.5. The topological polar surface area (TPSA) is 134 Å². The van der Waals surface area contributed by atoms with Crippen LogP contribution in [0.3, 0.4) is 0 Å². The van der Waals surface area contributed by atoms with E-state index in [4.69, 9.17) is 16.0 Å². The van der Waals surface area contributed by atoms with Crippen molar-refractivity contribution in [1.29, 1.82) is 5.26 Å². The van der Waals surface area contributed by atoms with Gasteiger partial charge in [-0.05, 0) is 54.8 Å². The summed E-state index contributed by atoms with van der Waals surface area (Å²) in [6.45, 7) is 2.83. The molecule has 0 amide bonds. The third kappa shape index (κ3) is 4.75. The number of likely N-dealkylation sites (tertiary alicyclic amines) is 1. The zero-order valence-corrected chi connectivity index (χ0v) is 20.7. The average molecular weight is 503 g/mol. The number of benzene rings is 1. The van der Waals surface area contributed by atoms with Gasteiger partial charge in [0.1, 0.15) is 23.2 Å². The highest BCUT2D eigenvalue weighted by Gasteiger charge is 2.21. The van der Waals surface area contributed by atoms with Crippen LogP contribution in [-0.4, -0.2) is 53.5 Å². The first kappa shape index (κ1) is 23.5. The van der Waals surface area contributed by atoms with Gasteiger partial charge in [-0.2, -0.15) is 5.26 Å². The van der Waals surface area contributed by atoms with Gasteiger partial charge in [0, 0.05) is 43.8 Å². The van der Waals surface area contributed by atoms with Gasteiger partial charge in [0.05, 0.1) is 18.0 Å². The molecular formula is C28H26N10. The first-order valence-corrected chi connectivity index (χ1v) is 12.5. The van der Waals surface area contributed by atoms with E-state index in [1.165, 1.54) is 11.8 Å². The number of fused-ring (bicyclic) bond motifs is 1. The Labute approximate surface area is 219 Å². The van der Waals surface area contributed by atoms with Crippen molar-refractivity contribution in [2.24, 2.45) is 0 Å². The second-order valence-corrected chi connectivity index (χ2v) is 9.32. The van der Waals surface area contributed by atoms with E-state index in [1.807, 2.05) is 34.9 Å². The third-order valence-electron chi connectivity index (χ3n) is 6.78. The van der Waals surface area contributed by atoms with E-state index < -0.39 is 0 Å². The SMILES string of the molecule is N#Cc1cncc(NC2CCN(Cc3ccc(-n4c(-c5cccnc5N)nc5cccnc54)cc3)CC2)n1. The Morgan fingerprint density at radius 2 is 1.76 bits per heavy atom. The summed E-state index contributed by atoms with van der Waals surface area (Å²) in [5.74, 6) is 1.81. The molecule has 1 fully saturated rings. The van der Waals surface area contributed by atoms with E-state index in [-0.39, 0.29) is 0 Å². The molecule has 38 heavy (non-hydrogen) atoms. The van der Waals surface area contributed by atoms with Gasteiger partial charge >= 0.3 is 0 Å². The maximum atomic E-state index is 9.04. The van der Waals surface area contributed by atoms with Gasteiger partial charge in [-0.1, -0.05) is 12.1 Å². The highest BCUT2D eigenvalue weighted by molar-refractivity contribution is 5.82. The summed E-state index contributed by atoms with van der Waals surface area (Å²) in [4.78, 5) is 24.5. The van der Waals surface area contributed by atoms with Gasteiger partial charge in [0.25, 0.3) is 0 Å². The van der Waals surface area contributed by atoms with Gasteiger partial charge < -0.3 is 11.1 Å². The molecule has 1 aliphatic heterocycles. The number of aromatic nitrogens is 6. The van der Waals surface area contributed by atoms with E-state index in [2.05, 4.69) is 54.4 Å². The molecule has 0 aliphatic carbocycles. The zero-order valence-electron chi connectivity index (χ0n) is 20.7. The summed E-state index contributed by atoms with van der Waals surface area (Å²) < 4.78 is 2.04. The predicted molar refractivity (Wildman–Crippen MR) is 145 cm³/mol. The van der Waals surface area contributed by atoms with Gasteiger partial charge in [-0.3, -0.25) is 14.5 Å². The van der Waals surface area contributed by atoms with Crippen LogP contribution >= 0.6 is 0 Å². The number of nitrogens with zero attached hydrogens (tertiary/aromatic N) is 8. The molecule has 6 rings (SSSR count). The molecular weight excluding hydrogens is 476 g/mol. The number of nitrogens with two attached hydrogens (primary N) is 1. The van der Waals surface area contributed by atoms with E-state index in [0.29, 0.717) is 23.4 Å². The van der Waals surface area contributed by atoms with Crippen molar-refractivity contribution in [3.8, 4) is 23.1 Å². The minimum atomic E-state index is 0.317.